The van der Waals surface area contributed by atoms with Crippen LogP contribution in [0.2, 0.25) is 0 Å². The summed E-state index contributed by atoms with van der Waals surface area (Å²) < 4.78 is 0. The zero-order chi connectivity index (χ0) is 11.4. The Morgan fingerprint density at radius 2 is 2.06 bits per heavy atom. The summed E-state index contributed by atoms with van der Waals surface area (Å²) in [5, 5.41) is 11.4. The van der Waals surface area contributed by atoms with Crippen molar-refractivity contribution in [2.75, 3.05) is 11.9 Å². The molecule has 4 N–H and O–H groups in total. The number of anilines is 1. The number of para-hydroxylation sites is 1. The van der Waals surface area contributed by atoms with E-state index in [4.69, 9.17) is 11.1 Å². The van der Waals surface area contributed by atoms with Gasteiger partial charge in [0.25, 0.3) is 0 Å². The minimum absolute atomic E-state index is 0.188. The average molecular weight is 214 g/mol. The van der Waals surface area contributed by atoms with E-state index in [2.05, 4.69) is 10.3 Å². The standard InChI is InChI=1S/C12H14N4/c13-11(14)7-8-15-12-6-5-9-3-1-2-4-10(9)16-12/h1-6H,7-8H2,(H3,13,14)(H,15,16). The van der Waals surface area contributed by atoms with Crippen LogP contribution < -0.4 is 11.1 Å². The molecule has 0 aliphatic rings. The second kappa shape index (κ2) is 4.61. The van der Waals surface area contributed by atoms with Crippen molar-refractivity contribution in [3.8, 4) is 0 Å². The Kier molecular flexibility index (Phi) is 3.00. The molecular formula is C12H14N4. The molecule has 82 valence electrons. The van der Waals surface area contributed by atoms with Gasteiger partial charge >= 0.3 is 0 Å². The molecule has 1 heterocycles. The fourth-order valence-corrected chi connectivity index (χ4v) is 1.49. The second-order valence-electron chi connectivity index (χ2n) is 3.59. The number of nitrogens with two attached hydrogens (primary N) is 1. The van der Waals surface area contributed by atoms with E-state index in [1.54, 1.807) is 0 Å². The number of pyridine rings is 1. The van der Waals surface area contributed by atoms with E-state index in [1.165, 1.54) is 0 Å². The third-order valence-corrected chi connectivity index (χ3v) is 2.30. The largest absolute Gasteiger partial charge is 0.388 e. The molecule has 0 aliphatic carbocycles. The Morgan fingerprint density at radius 3 is 2.88 bits per heavy atom. The van der Waals surface area contributed by atoms with Crippen LogP contribution in [0.15, 0.2) is 36.4 Å². The highest BCUT2D eigenvalue weighted by Crippen LogP contribution is 2.14. The molecule has 2 rings (SSSR count). The van der Waals surface area contributed by atoms with Crippen LogP contribution in [-0.4, -0.2) is 17.4 Å². The number of amidine groups is 1. The Balaban J connectivity index is 2.10. The van der Waals surface area contributed by atoms with Gasteiger partial charge in [-0.15, -0.1) is 0 Å². The van der Waals surface area contributed by atoms with Crippen LogP contribution in [0.3, 0.4) is 0 Å². The van der Waals surface area contributed by atoms with E-state index in [0.717, 1.165) is 16.7 Å². The van der Waals surface area contributed by atoms with Gasteiger partial charge in [0, 0.05) is 18.4 Å². The van der Waals surface area contributed by atoms with Crippen LogP contribution in [0.4, 0.5) is 5.82 Å². The summed E-state index contributed by atoms with van der Waals surface area (Å²) in [5.74, 6) is 1.01. The number of nitrogens with one attached hydrogen (secondary N) is 2. The molecule has 1 aromatic heterocycles. The van der Waals surface area contributed by atoms with Crippen molar-refractivity contribution in [2.45, 2.75) is 6.42 Å². The Bertz CT molecular complexity index is 507. The van der Waals surface area contributed by atoms with Crippen molar-refractivity contribution in [2.24, 2.45) is 5.73 Å². The number of aromatic nitrogens is 1. The normalized spacial score (nSPS) is 10.2. The van der Waals surface area contributed by atoms with Gasteiger partial charge in [-0.05, 0) is 18.2 Å². The van der Waals surface area contributed by atoms with Gasteiger partial charge in [0.15, 0.2) is 0 Å². The van der Waals surface area contributed by atoms with Crippen LogP contribution in [0, 0.1) is 5.41 Å². The van der Waals surface area contributed by atoms with Gasteiger partial charge in [-0.2, -0.15) is 0 Å². The number of hydrogen-bond donors (Lipinski definition) is 3. The van der Waals surface area contributed by atoms with Gasteiger partial charge in [0.2, 0.25) is 0 Å². The lowest BCUT2D eigenvalue weighted by Gasteiger charge is -2.05. The van der Waals surface area contributed by atoms with E-state index in [9.17, 15) is 0 Å². The highest BCUT2D eigenvalue weighted by molar-refractivity contribution is 5.80. The van der Waals surface area contributed by atoms with Gasteiger partial charge < -0.3 is 11.1 Å². The summed E-state index contributed by atoms with van der Waals surface area (Å²) in [5.41, 5.74) is 6.24. The maximum absolute atomic E-state index is 7.11. The van der Waals surface area contributed by atoms with Gasteiger partial charge in [0.1, 0.15) is 5.82 Å². The first-order valence-electron chi connectivity index (χ1n) is 5.18. The van der Waals surface area contributed by atoms with Crippen molar-refractivity contribution in [1.29, 1.82) is 5.41 Å². The number of nitrogens with zero attached hydrogens (tertiary/aromatic N) is 1. The van der Waals surface area contributed by atoms with Crippen LogP contribution in [0.1, 0.15) is 6.42 Å². The summed E-state index contributed by atoms with van der Waals surface area (Å²) in [4.78, 5) is 4.45. The van der Waals surface area contributed by atoms with Crippen molar-refractivity contribution in [3.05, 3.63) is 36.4 Å². The monoisotopic (exact) mass is 214 g/mol. The molecule has 2 aromatic rings. The lowest BCUT2D eigenvalue weighted by molar-refractivity contribution is 1.06. The van der Waals surface area contributed by atoms with Gasteiger partial charge in [-0.3, -0.25) is 5.41 Å². The predicted molar refractivity (Wildman–Crippen MR) is 66.8 cm³/mol. The van der Waals surface area contributed by atoms with Crippen LogP contribution in [0.25, 0.3) is 10.9 Å². The summed E-state index contributed by atoms with van der Waals surface area (Å²) in [6.45, 7) is 0.640. The summed E-state index contributed by atoms with van der Waals surface area (Å²) in [6.07, 6.45) is 0.536. The molecule has 16 heavy (non-hydrogen) atoms. The van der Waals surface area contributed by atoms with Crippen molar-refractivity contribution >= 4 is 22.6 Å². The zero-order valence-corrected chi connectivity index (χ0v) is 8.90. The molecule has 4 heteroatoms. The zero-order valence-electron chi connectivity index (χ0n) is 8.90. The van der Waals surface area contributed by atoms with Crippen molar-refractivity contribution in [1.82, 2.24) is 4.98 Å². The first-order chi connectivity index (χ1) is 7.75. The number of hydrogen-bond acceptors (Lipinski definition) is 3. The molecule has 0 radical (unpaired) electrons. The highest BCUT2D eigenvalue weighted by atomic mass is 15.0. The smallest absolute Gasteiger partial charge is 0.126 e. The molecule has 0 aliphatic heterocycles. The number of benzene rings is 1. The lowest BCUT2D eigenvalue weighted by Crippen LogP contribution is -2.15. The Labute approximate surface area is 94.0 Å². The first-order valence-corrected chi connectivity index (χ1v) is 5.18. The second-order valence-corrected chi connectivity index (χ2v) is 3.59. The average Bonchev–Trinajstić information content (AvgIpc) is 2.28. The SMILES string of the molecule is N=C(N)CCNc1ccc2ccccc2n1. The third kappa shape index (κ3) is 2.48. The number of fused-ring (bicyclic) bond motifs is 1. The lowest BCUT2D eigenvalue weighted by atomic mass is 10.2. The van der Waals surface area contributed by atoms with Gasteiger partial charge in [-0.25, -0.2) is 4.98 Å². The molecular weight excluding hydrogens is 200 g/mol. The van der Waals surface area contributed by atoms with Gasteiger partial charge in [-0.1, -0.05) is 18.2 Å². The fourth-order valence-electron chi connectivity index (χ4n) is 1.49. The molecule has 0 spiro atoms. The predicted octanol–water partition coefficient (Wildman–Crippen LogP) is 1.97. The van der Waals surface area contributed by atoms with Crippen molar-refractivity contribution in [3.63, 3.8) is 0 Å². The molecule has 0 unspecified atom stereocenters. The first kappa shape index (κ1) is 10.4. The van der Waals surface area contributed by atoms with E-state index in [0.29, 0.717) is 13.0 Å². The maximum atomic E-state index is 7.11. The minimum Gasteiger partial charge on any atom is -0.388 e. The molecule has 0 fully saturated rings. The van der Waals surface area contributed by atoms with Crippen LogP contribution in [-0.2, 0) is 0 Å². The summed E-state index contributed by atoms with van der Waals surface area (Å²) in [7, 11) is 0. The Hall–Kier alpha value is -2.10. The quantitative estimate of drug-likeness (QED) is 0.538. The molecule has 4 nitrogen and oxygen atoms in total. The molecule has 0 bridgehead atoms. The van der Waals surface area contributed by atoms with E-state index in [-0.39, 0.29) is 5.84 Å². The van der Waals surface area contributed by atoms with E-state index >= 15 is 0 Å². The fraction of sp³-hybridized carbons (Fsp3) is 0.167. The van der Waals surface area contributed by atoms with Crippen molar-refractivity contribution < 1.29 is 0 Å². The molecule has 0 amide bonds. The maximum Gasteiger partial charge on any atom is 0.126 e. The van der Waals surface area contributed by atoms with Gasteiger partial charge in [0.05, 0.1) is 11.4 Å². The third-order valence-electron chi connectivity index (χ3n) is 2.30. The summed E-state index contributed by atoms with van der Waals surface area (Å²) in [6, 6.07) is 11.9. The van der Waals surface area contributed by atoms with Crippen LogP contribution >= 0.6 is 0 Å². The molecule has 0 atom stereocenters. The highest BCUT2D eigenvalue weighted by Gasteiger charge is 1.97. The topological polar surface area (TPSA) is 74.8 Å². The molecule has 0 saturated heterocycles. The summed E-state index contributed by atoms with van der Waals surface area (Å²) >= 11 is 0. The Morgan fingerprint density at radius 1 is 1.25 bits per heavy atom. The van der Waals surface area contributed by atoms with E-state index in [1.807, 2.05) is 36.4 Å². The minimum atomic E-state index is 0.188. The van der Waals surface area contributed by atoms with E-state index < -0.39 is 0 Å². The van der Waals surface area contributed by atoms with Crippen LogP contribution in [0.5, 0.6) is 0 Å². The molecule has 0 saturated carbocycles. The number of rotatable bonds is 4. The molecule has 1 aromatic carbocycles.